The monoisotopic (exact) mass is 176 g/mol. The Morgan fingerprint density at radius 3 is 2.00 bits per heavy atom. The minimum atomic E-state index is -0.00915. The van der Waals surface area contributed by atoms with Crippen LogP contribution in [0.4, 0.5) is 0 Å². The fourth-order valence-electron chi connectivity index (χ4n) is 1.19. The smallest absolute Gasteiger partial charge is 0.0205 e. The van der Waals surface area contributed by atoms with Crippen molar-refractivity contribution in [1.29, 1.82) is 0 Å². The van der Waals surface area contributed by atoms with E-state index in [1.807, 2.05) is 0 Å². The lowest BCUT2D eigenvalue weighted by molar-refractivity contribution is 1.35. The molecule has 0 aromatic heterocycles. The van der Waals surface area contributed by atoms with Gasteiger partial charge >= 0.3 is 0 Å². The van der Waals surface area contributed by atoms with E-state index in [-0.39, 0.29) is 8.31 Å². The molecule has 9 heavy (non-hydrogen) atoms. The quantitative estimate of drug-likeness (QED) is 0.534. The van der Waals surface area contributed by atoms with E-state index >= 15 is 0 Å². The molecular weight excluding hydrogens is 156 g/mol. The van der Waals surface area contributed by atoms with Crippen LogP contribution in [0.1, 0.15) is 20.8 Å². The summed E-state index contributed by atoms with van der Waals surface area (Å²) in [6.45, 7) is 7.21. The van der Waals surface area contributed by atoms with Crippen LogP contribution in [0.25, 0.3) is 0 Å². The molecule has 0 amide bonds. The third-order valence-electron chi connectivity index (χ3n) is 2.12. The first-order chi connectivity index (χ1) is 4.35. The Hall–Kier alpha value is 0.651. The molecule has 0 bridgehead atoms. The second-order valence-corrected chi connectivity index (χ2v) is 21.0. The normalized spacial score (nSPS) is 13.3. The Labute approximate surface area is 65.3 Å². The lowest BCUT2D eigenvalue weighted by Gasteiger charge is -2.06. The van der Waals surface area contributed by atoms with Crippen LogP contribution < -0.4 is 0 Å². The highest BCUT2D eigenvalue weighted by Crippen LogP contribution is 1.94. The molecule has 0 rings (SSSR count). The zero-order chi connectivity index (χ0) is 7.11. The van der Waals surface area contributed by atoms with Crippen molar-refractivity contribution in [3.63, 3.8) is 0 Å². The molecule has 0 aliphatic rings. The van der Waals surface area contributed by atoms with Crippen LogP contribution in [0, 0.1) is 0 Å². The molecule has 0 saturated heterocycles. The Kier molecular flexibility index (Phi) is 7.26. The van der Waals surface area contributed by atoms with Crippen LogP contribution in [-0.4, -0.2) is 25.9 Å². The summed E-state index contributed by atoms with van der Waals surface area (Å²) in [6.07, 6.45) is 0. The van der Waals surface area contributed by atoms with Gasteiger partial charge in [-0.15, -0.1) is 0 Å². The molecule has 0 spiro atoms. The molecule has 0 aliphatic carbocycles. The van der Waals surface area contributed by atoms with Crippen LogP contribution in [0.3, 0.4) is 0 Å². The van der Waals surface area contributed by atoms with Crippen LogP contribution in [0.2, 0.25) is 18.1 Å². The van der Waals surface area contributed by atoms with Crippen molar-refractivity contribution in [2.45, 2.75) is 38.9 Å². The van der Waals surface area contributed by atoms with Crippen LogP contribution in [-0.2, 0) is 0 Å². The van der Waals surface area contributed by atoms with Gasteiger partial charge in [-0.1, -0.05) is 38.9 Å². The van der Waals surface area contributed by atoms with Gasteiger partial charge in [-0.05, 0) is 0 Å². The fourth-order valence-corrected chi connectivity index (χ4v) is 25.2. The summed E-state index contributed by atoms with van der Waals surface area (Å²) in [5, 5.41) is 0. The Morgan fingerprint density at radius 2 is 1.67 bits per heavy atom. The van der Waals surface area contributed by atoms with Crippen molar-refractivity contribution < 1.29 is 0 Å². The molecule has 0 N–H and O–H groups in total. The van der Waals surface area contributed by atoms with Gasteiger partial charge in [0, 0.05) is 25.9 Å². The first kappa shape index (κ1) is 9.65. The topological polar surface area (TPSA) is 0 Å². The van der Waals surface area contributed by atoms with Crippen LogP contribution in [0.5, 0.6) is 0 Å². The average Bonchev–Trinajstić information content (AvgIpc) is 1.91. The molecule has 0 unspecified atom stereocenters. The predicted molar refractivity (Wildman–Crippen MR) is 55.7 cm³/mol. The van der Waals surface area contributed by atoms with Gasteiger partial charge in [-0.2, -0.15) is 0 Å². The van der Waals surface area contributed by atoms with Gasteiger partial charge in [0.15, 0.2) is 0 Å². The van der Waals surface area contributed by atoms with Gasteiger partial charge in [0.1, 0.15) is 0 Å². The summed E-state index contributed by atoms with van der Waals surface area (Å²) in [7, 11) is 1.15. The summed E-state index contributed by atoms with van der Waals surface area (Å²) in [5.74, 6) is 0. The molecular formula is C6H20Si3. The second kappa shape index (κ2) is 6.77. The second-order valence-electron chi connectivity index (χ2n) is 2.82. The van der Waals surface area contributed by atoms with Gasteiger partial charge < -0.3 is 0 Å². The Balaban J connectivity index is 3.09. The van der Waals surface area contributed by atoms with Crippen LogP contribution >= 0.6 is 0 Å². The summed E-state index contributed by atoms with van der Waals surface area (Å²) in [4.78, 5) is 0. The van der Waals surface area contributed by atoms with Crippen molar-refractivity contribution >= 4 is 25.9 Å². The molecule has 0 aromatic rings. The largest absolute Gasteiger partial charge is 0.0685 e. The maximum Gasteiger partial charge on any atom is 0.0205 e. The van der Waals surface area contributed by atoms with E-state index in [1.54, 1.807) is 18.1 Å². The molecule has 0 saturated carbocycles. The molecule has 0 fully saturated rings. The number of hydrogen-bond donors (Lipinski definition) is 0. The van der Waals surface area contributed by atoms with Crippen molar-refractivity contribution in [3.8, 4) is 0 Å². The minimum absolute atomic E-state index is 0.00915. The molecule has 0 radical (unpaired) electrons. The number of hydrogen-bond acceptors (Lipinski definition) is 0. The molecule has 0 aliphatic heterocycles. The summed E-state index contributed by atoms with van der Waals surface area (Å²) >= 11 is 0. The summed E-state index contributed by atoms with van der Waals surface area (Å²) in [5.41, 5.74) is 0. The summed E-state index contributed by atoms with van der Waals surface area (Å²) in [6, 6.07) is 4.81. The molecule has 3 heteroatoms. The van der Waals surface area contributed by atoms with E-state index in [2.05, 4.69) is 20.8 Å². The van der Waals surface area contributed by atoms with E-state index in [9.17, 15) is 0 Å². The van der Waals surface area contributed by atoms with E-state index in [1.165, 1.54) is 0 Å². The SMILES string of the molecule is CC[SiH2][SiH2][SiH](CC)CC. The van der Waals surface area contributed by atoms with E-state index < -0.39 is 0 Å². The third kappa shape index (κ3) is 5.11. The standard InChI is InChI=1S/C6H20Si3/c1-4-7-8-9(5-2)6-3/h9H,4-8H2,1-3H3. The Bertz CT molecular complexity index is 52.3. The van der Waals surface area contributed by atoms with Gasteiger partial charge in [0.25, 0.3) is 0 Å². The van der Waals surface area contributed by atoms with Crippen molar-refractivity contribution in [1.82, 2.24) is 0 Å². The first-order valence-corrected chi connectivity index (χ1v) is 14.2. The van der Waals surface area contributed by atoms with Gasteiger partial charge in [-0.3, -0.25) is 0 Å². The maximum atomic E-state index is 2.41. The van der Waals surface area contributed by atoms with Crippen molar-refractivity contribution in [2.75, 3.05) is 0 Å². The van der Waals surface area contributed by atoms with Crippen molar-refractivity contribution in [2.24, 2.45) is 0 Å². The highest BCUT2D eigenvalue weighted by Gasteiger charge is 2.03. The molecule has 0 aromatic carbocycles. The highest BCUT2D eigenvalue weighted by molar-refractivity contribution is 7.35. The fraction of sp³-hybridized carbons (Fsp3) is 1.00. The predicted octanol–water partition coefficient (Wildman–Crippen LogP) is 0.441. The van der Waals surface area contributed by atoms with Crippen molar-refractivity contribution in [3.05, 3.63) is 0 Å². The summed E-state index contributed by atoms with van der Waals surface area (Å²) < 4.78 is 0. The third-order valence-corrected chi connectivity index (χ3v) is 26.6. The van der Waals surface area contributed by atoms with E-state index in [0.717, 1.165) is 0 Å². The lowest BCUT2D eigenvalue weighted by Crippen LogP contribution is -2.24. The lowest BCUT2D eigenvalue weighted by atomic mass is 11.0. The Morgan fingerprint density at radius 1 is 1.11 bits per heavy atom. The molecule has 0 nitrogen and oxygen atoms in total. The van der Waals surface area contributed by atoms with Gasteiger partial charge in [0.2, 0.25) is 0 Å². The van der Waals surface area contributed by atoms with Crippen LogP contribution in [0.15, 0.2) is 0 Å². The van der Waals surface area contributed by atoms with Gasteiger partial charge in [-0.25, -0.2) is 0 Å². The molecule has 0 heterocycles. The molecule has 56 valence electrons. The molecule has 0 atom stereocenters. The van der Waals surface area contributed by atoms with E-state index in [0.29, 0.717) is 17.6 Å². The maximum absolute atomic E-state index is 2.41. The number of rotatable bonds is 5. The van der Waals surface area contributed by atoms with Gasteiger partial charge in [0.05, 0.1) is 0 Å². The average molecular weight is 176 g/mol. The zero-order valence-electron chi connectivity index (χ0n) is 7.11. The highest BCUT2D eigenvalue weighted by atomic mass is 29.5. The first-order valence-electron chi connectivity index (χ1n) is 4.35. The minimum Gasteiger partial charge on any atom is -0.0685 e. The van der Waals surface area contributed by atoms with E-state index in [4.69, 9.17) is 0 Å². The zero-order valence-corrected chi connectivity index (χ0v) is 11.1.